The minimum atomic E-state index is -0.869. The monoisotopic (exact) mass is 257 g/mol. The van der Waals surface area contributed by atoms with Crippen molar-refractivity contribution < 1.29 is 13.6 Å². The van der Waals surface area contributed by atoms with Gasteiger partial charge in [0.05, 0.1) is 0 Å². The highest BCUT2D eigenvalue weighted by molar-refractivity contribution is 7.99. The maximum atomic E-state index is 12.9. The second kappa shape index (κ2) is 7.06. The summed E-state index contributed by atoms with van der Waals surface area (Å²) in [4.78, 5) is 11.8. The normalized spacial score (nSPS) is 10.0. The Morgan fingerprint density at radius 3 is 2.82 bits per heavy atom. The summed E-state index contributed by atoms with van der Waals surface area (Å²) in [6.07, 6.45) is 1.93. The van der Waals surface area contributed by atoms with Crippen molar-refractivity contribution in [2.75, 3.05) is 12.3 Å². The topological polar surface area (TPSA) is 29.1 Å². The number of benzene rings is 1. The first-order valence-corrected chi connectivity index (χ1v) is 6.07. The predicted molar refractivity (Wildman–Crippen MR) is 64.9 cm³/mol. The molecule has 0 saturated heterocycles. The van der Waals surface area contributed by atoms with Crippen molar-refractivity contribution in [3.05, 3.63) is 42.5 Å². The molecule has 0 saturated carbocycles. The van der Waals surface area contributed by atoms with E-state index in [1.807, 2.05) is 0 Å². The van der Waals surface area contributed by atoms with Crippen molar-refractivity contribution in [2.45, 2.75) is 11.3 Å². The van der Waals surface area contributed by atoms with Crippen molar-refractivity contribution in [1.82, 2.24) is 5.32 Å². The minimum Gasteiger partial charge on any atom is -0.353 e. The molecule has 0 unspecified atom stereocenters. The standard InChI is InChI=1S/C12H13F2NOS/c1-2-6-15-12(16)5-7-17-9-3-4-10(13)11(14)8-9/h2-4,8H,1,5-7H2,(H,15,16). The van der Waals surface area contributed by atoms with Gasteiger partial charge < -0.3 is 5.32 Å². The Balaban J connectivity index is 2.33. The zero-order chi connectivity index (χ0) is 12.7. The van der Waals surface area contributed by atoms with Gasteiger partial charge in [-0.15, -0.1) is 18.3 Å². The number of nitrogens with one attached hydrogen (secondary N) is 1. The second-order valence-corrected chi connectivity index (χ2v) is 4.44. The number of carbonyl (C=O) groups excluding carboxylic acids is 1. The lowest BCUT2D eigenvalue weighted by Crippen LogP contribution is -2.23. The highest BCUT2D eigenvalue weighted by atomic mass is 32.2. The number of halogens is 2. The fraction of sp³-hybridized carbons (Fsp3) is 0.250. The molecule has 0 spiro atoms. The Morgan fingerprint density at radius 2 is 2.18 bits per heavy atom. The van der Waals surface area contributed by atoms with Gasteiger partial charge in [-0.3, -0.25) is 4.79 Å². The first-order chi connectivity index (χ1) is 8.13. The van der Waals surface area contributed by atoms with Crippen LogP contribution in [0.2, 0.25) is 0 Å². The summed E-state index contributed by atoms with van der Waals surface area (Å²) in [5.41, 5.74) is 0. The molecule has 1 rings (SSSR count). The molecule has 0 aliphatic heterocycles. The lowest BCUT2D eigenvalue weighted by Gasteiger charge is -2.03. The quantitative estimate of drug-likeness (QED) is 0.627. The molecule has 0 heterocycles. The van der Waals surface area contributed by atoms with Crippen molar-refractivity contribution in [2.24, 2.45) is 0 Å². The van der Waals surface area contributed by atoms with Crippen molar-refractivity contribution in [1.29, 1.82) is 0 Å². The van der Waals surface area contributed by atoms with Crippen LogP contribution in [0.1, 0.15) is 6.42 Å². The van der Waals surface area contributed by atoms with Gasteiger partial charge in [-0.25, -0.2) is 8.78 Å². The Kier molecular flexibility index (Phi) is 5.69. The maximum Gasteiger partial charge on any atom is 0.221 e. The Morgan fingerprint density at radius 1 is 1.41 bits per heavy atom. The van der Waals surface area contributed by atoms with E-state index in [-0.39, 0.29) is 5.91 Å². The molecule has 0 radical (unpaired) electrons. The SMILES string of the molecule is C=CCNC(=O)CCSc1ccc(F)c(F)c1. The van der Waals surface area contributed by atoms with Crippen LogP contribution in [-0.2, 0) is 4.79 Å². The molecule has 92 valence electrons. The molecule has 0 fully saturated rings. The molecule has 0 bridgehead atoms. The summed E-state index contributed by atoms with van der Waals surface area (Å²) < 4.78 is 25.5. The van der Waals surface area contributed by atoms with E-state index in [1.54, 1.807) is 6.08 Å². The lowest BCUT2D eigenvalue weighted by molar-refractivity contribution is -0.120. The molecule has 0 atom stereocenters. The van der Waals surface area contributed by atoms with Crippen LogP contribution in [0.4, 0.5) is 8.78 Å². The first kappa shape index (κ1) is 13.7. The number of hydrogen-bond acceptors (Lipinski definition) is 2. The maximum absolute atomic E-state index is 12.9. The molecule has 17 heavy (non-hydrogen) atoms. The molecule has 2 nitrogen and oxygen atoms in total. The third kappa shape index (κ3) is 4.99. The summed E-state index contributed by atoms with van der Waals surface area (Å²) in [5.74, 6) is -1.29. The van der Waals surface area contributed by atoms with Crippen LogP contribution in [0, 0.1) is 11.6 Å². The van der Waals surface area contributed by atoms with Gasteiger partial charge in [0.25, 0.3) is 0 Å². The summed E-state index contributed by atoms with van der Waals surface area (Å²) in [6, 6.07) is 3.70. The third-order valence-electron chi connectivity index (χ3n) is 1.93. The number of thioether (sulfide) groups is 1. The molecule has 1 N–H and O–H groups in total. The summed E-state index contributed by atoms with van der Waals surface area (Å²) in [5, 5.41) is 2.63. The highest BCUT2D eigenvalue weighted by Crippen LogP contribution is 2.20. The molecule has 0 aliphatic carbocycles. The molecule has 1 amide bonds. The lowest BCUT2D eigenvalue weighted by atomic mass is 10.3. The van der Waals surface area contributed by atoms with Gasteiger partial charge >= 0.3 is 0 Å². The van der Waals surface area contributed by atoms with Crippen LogP contribution in [-0.4, -0.2) is 18.2 Å². The number of carbonyl (C=O) groups is 1. The number of rotatable bonds is 6. The van der Waals surface area contributed by atoms with E-state index in [4.69, 9.17) is 0 Å². The first-order valence-electron chi connectivity index (χ1n) is 5.09. The van der Waals surface area contributed by atoms with Gasteiger partial charge in [0.1, 0.15) is 0 Å². The van der Waals surface area contributed by atoms with E-state index in [0.717, 1.165) is 12.1 Å². The van der Waals surface area contributed by atoms with E-state index >= 15 is 0 Å². The zero-order valence-corrected chi connectivity index (χ0v) is 10.0. The largest absolute Gasteiger partial charge is 0.353 e. The number of hydrogen-bond donors (Lipinski definition) is 1. The van der Waals surface area contributed by atoms with Crippen LogP contribution < -0.4 is 5.32 Å². The van der Waals surface area contributed by atoms with Crippen LogP contribution in [0.5, 0.6) is 0 Å². The molecule has 1 aromatic carbocycles. The predicted octanol–water partition coefficient (Wildman–Crippen LogP) is 2.75. The average Bonchev–Trinajstić information content (AvgIpc) is 2.31. The van der Waals surface area contributed by atoms with Crippen molar-refractivity contribution in [3.63, 3.8) is 0 Å². The van der Waals surface area contributed by atoms with E-state index < -0.39 is 11.6 Å². The fourth-order valence-corrected chi connectivity index (χ4v) is 1.98. The van der Waals surface area contributed by atoms with E-state index in [0.29, 0.717) is 23.6 Å². The van der Waals surface area contributed by atoms with Gasteiger partial charge in [-0.1, -0.05) is 6.08 Å². The molecule has 0 aliphatic rings. The molecule has 0 aromatic heterocycles. The van der Waals surface area contributed by atoms with E-state index in [9.17, 15) is 13.6 Å². The van der Waals surface area contributed by atoms with Crippen molar-refractivity contribution in [3.8, 4) is 0 Å². The van der Waals surface area contributed by atoms with Gasteiger partial charge in [0, 0.05) is 23.6 Å². The Hall–Kier alpha value is -1.36. The van der Waals surface area contributed by atoms with E-state index in [2.05, 4.69) is 11.9 Å². The Bertz CT molecular complexity index is 409. The third-order valence-corrected chi connectivity index (χ3v) is 2.93. The van der Waals surface area contributed by atoms with Crippen LogP contribution in [0.15, 0.2) is 35.7 Å². The van der Waals surface area contributed by atoms with Crippen LogP contribution in [0.25, 0.3) is 0 Å². The van der Waals surface area contributed by atoms with Gasteiger partial charge in [0.15, 0.2) is 11.6 Å². The summed E-state index contributed by atoms with van der Waals surface area (Å²) in [6.45, 7) is 3.92. The molecular weight excluding hydrogens is 244 g/mol. The van der Waals surface area contributed by atoms with Crippen molar-refractivity contribution >= 4 is 17.7 Å². The average molecular weight is 257 g/mol. The highest BCUT2D eigenvalue weighted by Gasteiger charge is 2.04. The van der Waals surface area contributed by atoms with Gasteiger partial charge in [-0.2, -0.15) is 0 Å². The second-order valence-electron chi connectivity index (χ2n) is 3.27. The van der Waals surface area contributed by atoms with Gasteiger partial charge in [-0.05, 0) is 18.2 Å². The molecule has 5 heteroatoms. The fourth-order valence-electron chi connectivity index (χ4n) is 1.10. The molecule has 1 aromatic rings. The zero-order valence-electron chi connectivity index (χ0n) is 9.21. The number of amides is 1. The molecular formula is C12H13F2NOS. The van der Waals surface area contributed by atoms with Crippen LogP contribution in [0.3, 0.4) is 0 Å². The summed E-state index contributed by atoms with van der Waals surface area (Å²) in [7, 11) is 0. The smallest absolute Gasteiger partial charge is 0.221 e. The summed E-state index contributed by atoms with van der Waals surface area (Å²) >= 11 is 1.31. The Labute approximate surface area is 103 Å². The van der Waals surface area contributed by atoms with E-state index in [1.165, 1.54) is 17.8 Å². The van der Waals surface area contributed by atoms with Crippen LogP contribution >= 0.6 is 11.8 Å². The minimum absolute atomic E-state index is 0.0833. The van der Waals surface area contributed by atoms with Gasteiger partial charge in [0.2, 0.25) is 5.91 Å².